The molecule has 0 saturated heterocycles. The second kappa shape index (κ2) is 19.9. The van der Waals surface area contributed by atoms with Crippen LogP contribution in [0.3, 0.4) is 0 Å². The van der Waals surface area contributed by atoms with Gasteiger partial charge in [-0.1, -0.05) is 6.92 Å². The Kier molecular flexibility index (Phi) is 17.4. The largest absolute Gasteiger partial charge is 0.433 e. The van der Waals surface area contributed by atoms with Crippen LogP contribution in [0.4, 0.5) is 11.8 Å². The Hall–Kier alpha value is -1.55. The molecule has 16 nitrogen and oxygen atoms in total. The lowest BCUT2D eigenvalue weighted by Crippen LogP contribution is -2.33. The smallest absolute Gasteiger partial charge is 0.403 e. The first-order valence-corrected chi connectivity index (χ1v) is 18.4. The number of halogens is 3. The highest BCUT2D eigenvalue weighted by molar-refractivity contribution is 7.54. The van der Waals surface area contributed by atoms with Crippen molar-refractivity contribution in [3.63, 3.8) is 0 Å². The highest BCUT2D eigenvalue weighted by Gasteiger charge is 2.33. The number of alkyl halides is 3. The Morgan fingerprint density at radius 1 is 0.750 bits per heavy atom. The van der Waals surface area contributed by atoms with Gasteiger partial charge in [-0.05, 0) is 31.4 Å². The molecule has 2 aromatic rings. The maximum atomic E-state index is 13.9. The minimum Gasteiger partial charge on any atom is -0.403 e. The lowest BCUT2D eigenvalue weighted by molar-refractivity contribution is -0.402. The Morgan fingerprint density at radius 3 is 1.45 bits per heavy atom. The quantitative estimate of drug-likeness (QED) is 0.0379. The van der Waals surface area contributed by atoms with Crippen LogP contribution in [0, 0.1) is 20.2 Å². The summed E-state index contributed by atoms with van der Waals surface area (Å²) in [5, 5.41) is 27.7. The molecule has 2 unspecified atom stereocenters. The van der Waals surface area contributed by atoms with E-state index in [1.165, 1.54) is 28.9 Å². The minimum atomic E-state index is -3.70. The zero-order valence-corrected chi connectivity index (χ0v) is 28.2. The van der Waals surface area contributed by atoms with Crippen LogP contribution >= 0.6 is 50.1 Å². The predicted molar refractivity (Wildman–Crippen MR) is 166 cm³/mol. The lowest BCUT2D eigenvalue weighted by Gasteiger charge is -2.31. The fourth-order valence-electron chi connectivity index (χ4n) is 3.83. The zero-order chi connectivity index (χ0) is 32.6. The minimum absolute atomic E-state index is 0.119. The normalized spacial score (nSPS) is 14.6. The summed E-state index contributed by atoms with van der Waals surface area (Å²) >= 11 is 17.8. The highest BCUT2D eigenvalue weighted by Crippen LogP contribution is 2.49. The molecule has 0 bridgehead atoms. The third-order valence-corrected chi connectivity index (χ3v) is 10.9. The SMILES string of the molecule is CCCN(CCCl)P(=O)(NCCCCNP(=O)(OCc1ccc([N+](=O)[O-])o1)N(CCCl)CCCl)OCc1ccc([N+](=O)[O-])o1. The van der Waals surface area contributed by atoms with E-state index in [0.29, 0.717) is 25.8 Å². The topological polar surface area (TPSA) is 196 Å². The number of unbranched alkanes of at least 4 members (excludes halogenated alkanes) is 1. The van der Waals surface area contributed by atoms with Crippen molar-refractivity contribution >= 4 is 61.9 Å². The molecular weight excluding hydrogens is 689 g/mol. The summed E-state index contributed by atoms with van der Waals surface area (Å²) in [6.07, 6.45) is 1.61. The van der Waals surface area contributed by atoms with E-state index in [1.54, 1.807) is 4.67 Å². The number of nitrogens with one attached hydrogen (secondary N) is 2. The van der Waals surface area contributed by atoms with Gasteiger partial charge in [-0.25, -0.2) is 19.5 Å². The van der Waals surface area contributed by atoms with Crippen LogP contribution in [0.2, 0.25) is 0 Å². The third-order valence-electron chi connectivity index (χ3n) is 5.90. The summed E-state index contributed by atoms with van der Waals surface area (Å²) in [5.41, 5.74) is 0. The van der Waals surface area contributed by atoms with E-state index >= 15 is 0 Å². The molecule has 0 aliphatic rings. The van der Waals surface area contributed by atoms with Crippen molar-refractivity contribution in [3.05, 3.63) is 56.0 Å². The predicted octanol–water partition coefficient (Wildman–Crippen LogP) is 6.33. The summed E-state index contributed by atoms with van der Waals surface area (Å²) in [7, 11) is -7.34. The molecule has 0 saturated carbocycles. The first-order valence-electron chi connectivity index (χ1n) is 13.7. The van der Waals surface area contributed by atoms with Crippen LogP contribution in [-0.2, 0) is 31.4 Å². The Bertz CT molecular complexity index is 1160. The van der Waals surface area contributed by atoms with Gasteiger partial charge in [0.1, 0.15) is 34.6 Å². The van der Waals surface area contributed by atoms with Crippen LogP contribution in [0.15, 0.2) is 33.1 Å². The maximum Gasteiger partial charge on any atom is 0.433 e. The molecule has 2 N–H and O–H groups in total. The summed E-state index contributed by atoms with van der Waals surface area (Å²) < 4.78 is 52.5. The van der Waals surface area contributed by atoms with Crippen LogP contribution in [0.1, 0.15) is 37.7 Å². The summed E-state index contributed by atoms with van der Waals surface area (Å²) in [5.74, 6) is -0.150. The van der Waals surface area contributed by atoms with Crippen LogP contribution in [-0.4, -0.2) is 76.1 Å². The van der Waals surface area contributed by atoms with Gasteiger partial charge in [0.05, 0.1) is 12.1 Å². The van der Waals surface area contributed by atoms with E-state index in [1.807, 2.05) is 6.92 Å². The summed E-state index contributed by atoms with van der Waals surface area (Å²) in [6, 6.07) is 5.11. The van der Waals surface area contributed by atoms with Gasteiger partial charge in [0.15, 0.2) is 0 Å². The molecule has 21 heteroatoms. The Morgan fingerprint density at radius 2 is 1.14 bits per heavy atom. The molecule has 0 aliphatic carbocycles. The molecular formula is C23H37Cl3N6O10P2. The molecule has 2 heterocycles. The van der Waals surface area contributed by atoms with E-state index < -0.39 is 37.0 Å². The molecule has 0 fully saturated rings. The van der Waals surface area contributed by atoms with Crippen LogP contribution in [0.25, 0.3) is 0 Å². The van der Waals surface area contributed by atoms with Gasteiger partial charge in [0.25, 0.3) is 0 Å². The number of hydrogen-bond donors (Lipinski definition) is 2. The standard InChI is InChI=1S/C23H37Cl3N6O10P2/c1-2-14-29(15-9-24)43(37,39-18-20-5-7-22(41-20)31(33)34)27-12-3-4-13-28-44(38,30(16-10-25)17-11-26)40-19-21-6-8-23(42-21)32(35)36/h5-8H,2-4,9-19H2,1H3,(H,27,37)(H,28,38). The molecule has 2 atom stereocenters. The zero-order valence-electron chi connectivity index (χ0n) is 24.1. The first kappa shape index (κ1) is 38.6. The van der Waals surface area contributed by atoms with Gasteiger partial charge in [-0.2, -0.15) is 0 Å². The number of rotatable bonds is 25. The van der Waals surface area contributed by atoms with E-state index in [0.717, 1.165) is 0 Å². The molecule has 0 amide bonds. The van der Waals surface area contributed by atoms with E-state index in [2.05, 4.69) is 10.2 Å². The molecule has 44 heavy (non-hydrogen) atoms. The number of furan rings is 2. The molecule has 2 rings (SSSR count). The van der Waals surface area contributed by atoms with Crippen molar-refractivity contribution in [1.29, 1.82) is 0 Å². The average Bonchev–Trinajstić information content (AvgIpc) is 3.67. The van der Waals surface area contributed by atoms with Gasteiger partial charge in [0.2, 0.25) is 0 Å². The van der Waals surface area contributed by atoms with Crippen molar-refractivity contribution < 1.29 is 36.9 Å². The lowest BCUT2D eigenvalue weighted by atomic mass is 10.3. The van der Waals surface area contributed by atoms with E-state index in [-0.39, 0.29) is 75.1 Å². The summed E-state index contributed by atoms with van der Waals surface area (Å²) in [6.45, 7) is 2.92. The first-order chi connectivity index (χ1) is 21.0. The fraction of sp³-hybridized carbons (Fsp3) is 0.652. The van der Waals surface area contributed by atoms with Crippen molar-refractivity contribution in [2.75, 3.05) is 56.9 Å². The second-order valence-electron chi connectivity index (χ2n) is 9.08. The molecule has 0 radical (unpaired) electrons. The number of nitro groups is 2. The molecule has 0 aliphatic heterocycles. The van der Waals surface area contributed by atoms with Gasteiger partial charge in [-0.15, -0.1) is 34.8 Å². The second-order valence-corrected chi connectivity index (χ2v) is 14.6. The molecule has 250 valence electrons. The van der Waals surface area contributed by atoms with Gasteiger partial charge < -0.3 is 8.83 Å². The third kappa shape index (κ3) is 12.3. The molecule has 0 aromatic carbocycles. The highest BCUT2D eigenvalue weighted by atomic mass is 35.5. The van der Waals surface area contributed by atoms with Crippen molar-refractivity contribution in [1.82, 2.24) is 19.5 Å². The number of nitrogens with zero attached hydrogens (tertiary/aromatic N) is 4. The maximum absolute atomic E-state index is 13.9. The van der Waals surface area contributed by atoms with Crippen molar-refractivity contribution in [2.24, 2.45) is 0 Å². The van der Waals surface area contributed by atoms with Crippen molar-refractivity contribution in [3.8, 4) is 0 Å². The van der Waals surface area contributed by atoms with Gasteiger partial charge >= 0.3 is 27.1 Å². The van der Waals surface area contributed by atoms with Crippen molar-refractivity contribution in [2.45, 2.75) is 39.4 Å². The Balaban J connectivity index is 2.01. The average molecular weight is 726 g/mol. The monoisotopic (exact) mass is 724 g/mol. The van der Waals surface area contributed by atoms with Crippen LogP contribution in [0.5, 0.6) is 0 Å². The van der Waals surface area contributed by atoms with Gasteiger partial charge in [-0.3, -0.25) is 38.4 Å². The van der Waals surface area contributed by atoms with Gasteiger partial charge in [0, 0.05) is 56.9 Å². The fourth-order valence-corrected chi connectivity index (χ4v) is 8.75. The number of hydrogen-bond acceptors (Lipinski definition) is 10. The summed E-state index contributed by atoms with van der Waals surface area (Å²) in [4.78, 5) is 20.5. The molecule has 2 aromatic heterocycles. The van der Waals surface area contributed by atoms with E-state index in [4.69, 9.17) is 52.7 Å². The van der Waals surface area contributed by atoms with Crippen LogP contribution < -0.4 is 10.2 Å². The Labute approximate surface area is 270 Å². The van der Waals surface area contributed by atoms with E-state index in [9.17, 15) is 29.4 Å². The molecule has 0 spiro atoms.